The number of esters is 1. The van der Waals surface area contributed by atoms with Gasteiger partial charge in [-0.05, 0) is 88.7 Å². The number of pyridine rings is 2. The molecule has 2 aromatic heterocycles. The standard InChI is InChI=1S/C14H18N2O5.C10H13BrN2O2/c1-5-20-12(18)11(17)10-9(7-6-8-15-10)16-13(19)21-14(2,3)4;1-10(2,3)15-9(14)13-7-5-4-6-12-8(7)11/h6-8H,5H2,1-4H3,(H,16,19);4-6H,1-3H3,(H,13,14). The molecule has 12 heteroatoms. The smallest absolute Gasteiger partial charge is 0.412 e. The summed E-state index contributed by atoms with van der Waals surface area (Å²) in [7, 11) is 0. The SMILES string of the molecule is CC(C)(C)OC(=O)Nc1cccnc1Br.CCOC(=O)C(=O)c1ncccc1NC(=O)OC(C)(C)C. The van der Waals surface area contributed by atoms with Crippen LogP contribution in [0.15, 0.2) is 41.3 Å². The van der Waals surface area contributed by atoms with E-state index < -0.39 is 35.1 Å². The predicted molar refractivity (Wildman–Crippen MR) is 137 cm³/mol. The van der Waals surface area contributed by atoms with Crippen molar-refractivity contribution >= 4 is 51.2 Å². The summed E-state index contributed by atoms with van der Waals surface area (Å²) < 4.78 is 15.4. The van der Waals surface area contributed by atoms with Crippen molar-refractivity contribution in [3.05, 3.63) is 47.0 Å². The Hall–Kier alpha value is -3.54. The maximum absolute atomic E-state index is 11.9. The van der Waals surface area contributed by atoms with Crippen molar-refractivity contribution in [2.45, 2.75) is 59.7 Å². The molecule has 0 aromatic carbocycles. The van der Waals surface area contributed by atoms with Crippen molar-refractivity contribution < 1.29 is 33.4 Å². The first-order valence-corrected chi connectivity index (χ1v) is 11.7. The number of amides is 2. The van der Waals surface area contributed by atoms with Crippen LogP contribution in [-0.4, -0.2) is 51.7 Å². The molecule has 2 rings (SSSR count). The van der Waals surface area contributed by atoms with Crippen LogP contribution in [0.1, 0.15) is 59.0 Å². The maximum atomic E-state index is 11.9. The van der Waals surface area contributed by atoms with Gasteiger partial charge in [0.05, 0.1) is 18.0 Å². The Labute approximate surface area is 218 Å². The van der Waals surface area contributed by atoms with E-state index in [0.717, 1.165) is 0 Å². The Morgan fingerprint density at radius 3 is 1.78 bits per heavy atom. The first-order chi connectivity index (χ1) is 16.6. The molecule has 0 bridgehead atoms. The number of rotatable bonds is 5. The molecule has 2 N–H and O–H groups in total. The lowest BCUT2D eigenvalue weighted by atomic mass is 10.2. The summed E-state index contributed by atoms with van der Waals surface area (Å²) in [5.74, 6) is -1.95. The van der Waals surface area contributed by atoms with E-state index in [1.807, 2.05) is 20.8 Å². The van der Waals surface area contributed by atoms with Crippen molar-refractivity contribution in [2.24, 2.45) is 0 Å². The minimum absolute atomic E-state index is 0.0756. The number of nitrogens with zero attached hydrogens (tertiary/aromatic N) is 2. The number of aromatic nitrogens is 2. The molecule has 0 aliphatic carbocycles. The second-order valence-electron chi connectivity index (χ2n) is 9.04. The molecule has 36 heavy (non-hydrogen) atoms. The second-order valence-corrected chi connectivity index (χ2v) is 9.80. The molecule has 2 amide bonds. The summed E-state index contributed by atoms with van der Waals surface area (Å²) in [5.41, 5.74) is -0.700. The first-order valence-electron chi connectivity index (χ1n) is 10.9. The van der Waals surface area contributed by atoms with Crippen molar-refractivity contribution in [3.63, 3.8) is 0 Å². The van der Waals surface area contributed by atoms with E-state index in [2.05, 4.69) is 41.3 Å². The predicted octanol–water partition coefficient (Wildman–Crippen LogP) is 5.37. The van der Waals surface area contributed by atoms with Gasteiger partial charge in [0.25, 0.3) is 5.78 Å². The van der Waals surface area contributed by atoms with Gasteiger partial charge in [0.1, 0.15) is 21.5 Å². The third-order valence-corrected chi connectivity index (χ3v) is 4.15. The maximum Gasteiger partial charge on any atom is 0.412 e. The molecule has 0 radical (unpaired) electrons. The Bertz CT molecular complexity index is 1080. The molecule has 2 heterocycles. The third-order valence-electron chi connectivity index (χ3n) is 3.51. The molecule has 0 unspecified atom stereocenters. The second kappa shape index (κ2) is 13.5. The van der Waals surface area contributed by atoms with E-state index in [-0.39, 0.29) is 18.0 Å². The Kier molecular flexibility index (Phi) is 11.5. The lowest BCUT2D eigenvalue weighted by Gasteiger charge is -2.20. The average molecular weight is 567 g/mol. The number of hydrogen-bond acceptors (Lipinski definition) is 9. The van der Waals surface area contributed by atoms with Gasteiger partial charge in [-0.25, -0.2) is 19.4 Å². The van der Waals surface area contributed by atoms with Crippen LogP contribution in [-0.2, 0) is 19.0 Å². The van der Waals surface area contributed by atoms with Crippen molar-refractivity contribution in [2.75, 3.05) is 17.2 Å². The molecule has 0 fully saturated rings. The van der Waals surface area contributed by atoms with E-state index >= 15 is 0 Å². The monoisotopic (exact) mass is 566 g/mol. The average Bonchev–Trinajstić information content (AvgIpc) is 2.73. The lowest BCUT2D eigenvalue weighted by molar-refractivity contribution is -0.137. The molecule has 0 aliphatic rings. The molecule has 0 saturated carbocycles. The highest BCUT2D eigenvalue weighted by molar-refractivity contribution is 9.10. The summed E-state index contributed by atoms with van der Waals surface area (Å²) >= 11 is 3.22. The van der Waals surface area contributed by atoms with E-state index in [0.29, 0.717) is 10.3 Å². The lowest BCUT2D eigenvalue weighted by Crippen LogP contribution is -2.28. The highest BCUT2D eigenvalue weighted by atomic mass is 79.9. The molecular weight excluding hydrogens is 536 g/mol. The highest BCUT2D eigenvalue weighted by Crippen LogP contribution is 2.19. The molecule has 0 saturated heterocycles. The third kappa shape index (κ3) is 11.7. The number of carbonyl (C=O) groups is 4. The molecule has 0 atom stereocenters. The molecule has 0 spiro atoms. The van der Waals surface area contributed by atoms with Gasteiger partial charge in [-0.1, -0.05) is 0 Å². The zero-order chi connectivity index (χ0) is 27.5. The fraction of sp³-hybridized carbons (Fsp3) is 0.417. The number of anilines is 2. The minimum atomic E-state index is -1.02. The van der Waals surface area contributed by atoms with Crippen molar-refractivity contribution in [3.8, 4) is 0 Å². The molecule has 11 nitrogen and oxygen atoms in total. The number of carbonyl (C=O) groups excluding carboxylic acids is 4. The van der Waals surface area contributed by atoms with E-state index in [1.54, 1.807) is 46.0 Å². The fourth-order valence-corrected chi connectivity index (χ4v) is 2.64. The van der Waals surface area contributed by atoms with E-state index in [4.69, 9.17) is 9.47 Å². The van der Waals surface area contributed by atoms with Gasteiger partial charge in [-0.3, -0.25) is 20.4 Å². The fourth-order valence-electron chi connectivity index (χ4n) is 2.29. The van der Waals surface area contributed by atoms with Crippen LogP contribution in [0, 0.1) is 0 Å². The van der Waals surface area contributed by atoms with Crippen molar-refractivity contribution in [1.29, 1.82) is 0 Å². The molecular formula is C24H31BrN4O7. The van der Waals surface area contributed by atoms with E-state index in [9.17, 15) is 19.2 Å². The van der Waals surface area contributed by atoms with Crippen LogP contribution in [0.3, 0.4) is 0 Å². The molecule has 2 aromatic rings. The summed E-state index contributed by atoms with van der Waals surface area (Å²) in [6, 6.07) is 6.44. The van der Waals surface area contributed by atoms with Crippen LogP contribution >= 0.6 is 15.9 Å². The number of Topliss-reactive ketones (excluding diaryl/α,β-unsaturated/α-hetero) is 1. The largest absolute Gasteiger partial charge is 0.460 e. The number of hydrogen-bond donors (Lipinski definition) is 2. The van der Waals surface area contributed by atoms with Crippen LogP contribution in [0.4, 0.5) is 21.0 Å². The summed E-state index contributed by atoms with van der Waals surface area (Å²) in [4.78, 5) is 54.2. The zero-order valence-corrected chi connectivity index (χ0v) is 22.9. The minimum Gasteiger partial charge on any atom is -0.460 e. The molecule has 0 aliphatic heterocycles. The van der Waals surface area contributed by atoms with Crippen LogP contribution < -0.4 is 10.6 Å². The van der Waals surface area contributed by atoms with Gasteiger partial charge in [-0.15, -0.1) is 0 Å². The summed E-state index contributed by atoms with van der Waals surface area (Å²) in [6.45, 7) is 12.2. The number of ketones is 1. The number of nitrogens with one attached hydrogen (secondary N) is 2. The Balaban J connectivity index is 0.000000381. The van der Waals surface area contributed by atoms with Gasteiger partial charge in [-0.2, -0.15) is 0 Å². The first kappa shape index (κ1) is 30.5. The summed E-state index contributed by atoms with van der Waals surface area (Å²) in [6.07, 6.45) is 1.74. The Morgan fingerprint density at radius 2 is 1.31 bits per heavy atom. The quantitative estimate of drug-likeness (QED) is 0.160. The van der Waals surface area contributed by atoms with E-state index in [1.165, 1.54) is 18.3 Å². The molecule has 196 valence electrons. The van der Waals surface area contributed by atoms with Crippen molar-refractivity contribution in [1.82, 2.24) is 9.97 Å². The highest BCUT2D eigenvalue weighted by Gasteiger charge is 2.24. The van der Waals surface area contributed by atoms with Crippen LogP contribution in [0.5, 0.6) is 0 Å². The van der Waals surface area contributed by atoms with Gasteiger partial charge in [0.2, 0.25) is 0 Å². The van der Waals surface area contributed by atoms with Crippen LogP contribution in [0.25, 0.3) is 0 Å². The Morgan fingerprint density at radius 1 is 0.833 bits per heavy atom. The topological polar surface area (TPSA) is 146 Å². The number of ether oxygens (including phenoxy) is 3. The normalized spacial score (nSPS) is 10.8. The summed E-state index contributed by atoms with van der Waals surface area (Å²) in [5, 5.41) is 4.99. The van der Waals surface area contributed by atoms with Gasteiger partial charge in [0.15, 0.2) is 0 Å². The zero-order valence-electron chi connectivity index (χ0n) is 21.3. The van der Waals surface area contributed by atoms with Gasteiger partial charge < -0.3 is 14.2 Å². The number of halogens is 1. The van der Waals surface area contributed by atoms with Gasteiger partial charge in [0, 0.05) is 12.4 Å². The van der Waals surface area contributed by atoms with Gasteiger partial charge >= 0.3 is 18.2 Å². The van der Waals surface area contributed by atoms with Crippen LogP contribution in [0.2, 0.25) is 0 Å².